The normalized spacial score (nSPS) is 19.7. The van der Waals surface area contributed by atoms with Gasteiger partial charge in [0.2, 0.25) is 0 Å². The van der Waals surface area contributed by atoms with Crippen molar-refractivity contribution in [1.29, 1.82) is 0 Å². The van der Waals surface area contributed by atoms with Gasteiger partial charge in [0.05, 0.1) is 6.61 Å². The molecule has 0 radical (unpaired) electrons. The average molecular weight is 265 g/mol. The molecule has 0 bridgehead atoms. The molecule has 2 rings (SSSR count). The molecule has 2 heterocycles. The molecule has 1 amide bonds. The predicted molar refractivity (Wildman–Crippen MR) is 74.0 cm³/mol. The molecule has 0 saturated carbocycles. The van der Waals surface area contributed by atoms with E-state index in [1.807, 2.05) is 27.8 Å². The third-order valence-electron chi connectivity index (χ3n) is 3.75. The van der Waals surface area contributed by atoms with Crippen molar-refractivity contribution in [3.63, 3.8) is 0 Å². The van der Waals surface area contributed by atoms with E-state index in [4.69, 9.17) is 10.5 Å². The number of piperidine rings is 1. The number of nitrogens with two attached hydrogens (primary N) is 1. The zero-order valence-corrected chi connectivity index (χ0v) is 11.5. The molecular weight excluding hydrogens is 242 g/mol. The second-order valence-corrected chi connectivity index (χ2v) is 4.96. The summed E-state index contributed by atoms with van der Waals surface area (Å²) in [6.45, 7) is 2.67. The van der Waals surface area contributed by atoms with E-state index in [-0.39, 0.29) is 11.9 Å². The van der Waals surface area contributed by atoms with Crippen molar-refractivity contribution >= 4 is 5.91 Å². The minimum Gasteiger partial charge on any atom is -0.383 e. The maximum absolute atomic E-state index is 12.6. The second kappa shape index (κ2) is 6.73. The van der Waals surface area contributed by atoms with Crippen molar-refractivity contribution in [1.82, 2.24) is 9.47 Å². The molecule has 1 aliphatic rings. The first-order valence-corrected chi connectivity index (χ1v) is 6.93. The molecule has 5 heteroatoms. The summed E-state index contributed by atoms with van der Waals surface area (Å²) in [7, 11) is 1.67. The van der Waals surface area contributed by atoms with E-state index in [1.54, 1.807) is 7.11 Å². The topological polar surface area (TPSA) is 60.5 Å². The lowest BCUT2D eigenvalue weighted by atomic mass is 10.0. The Bertz CT molecular complexity index is 417. The van der Waals surface area contributed by atoms with Gasteiger partial charge in [-0.05, 0) is 31.4 Å². The molecule has 19 heavy (non-hydrogen) atoms. The van der Waals surface area contributed by atoms with Gasteiger partial charge in [-0.1, -0.05) is 0 Å². The monoisotopic (exact) mass is 265 g/mol. The van der Waals surface area contributed by atoms with Crippen molar-refractivity contribution in [2.24, 2.45) is 5.73 Å². The number of amides is 1. The summed E-state index contributed by atoms with van der Waals surface area (Å²) in [5.74, 6) is 0.0938. The van der Waals surface area contributed by atoms with Gasteiger partial charge in [0, 0.05) is 39.0 Å². The van der Waals surface area contributed by atoms with Gasteiger partial charge in [-0.3, -0.25) is 4.79 Å². The Morgan fingerprint density at radius 3 is 3.11 bits per heavy atom. The van der Waals surface area contributed by atoms with Gasteiger partial charge in [0.1, 0.15) is 5.69 Å². The summed E-state index contributed by atoms with van der Waals surface area (Å²) >= 11 is 0. The zero-order chi connectivity index (χ0) is 13.7. The van der Waals surface area contributed by atoms with Crippen LogP contribution in [-0.4, -0.2) is 48.2 Å². The Hall–Kier alpha value is -1.33. The summed E-state index contributed by atoms with van der Waals surface area (Å²) < 4.78 is 7.02. The first-order chi connectivity index (χ1) is 9.27. The molecule has 1 saturated heterocycles. The van der Waals surface area contributed by atoms with Crippen LogP contribution in [0.25, 0.3) is 0 Å². The van der Waals surface area contributed by atoms with Crippen LogP contribution in [0.2, 0.25) is 0 Å². The molecule has 0 aromatic carbocycles. The highest BCUT2D eigenvalue weighted by Crippen LogP contribution is 2.19. The first-order valence-electron chi connectivity index (χ1n) is 6.93. The number of methoxy groups -OCH3 is 1. The van der Waals surface area contributed by atoms with Crippen LogP contribution in [0.1, 0.15) is 29.8 Å². The summed E-state index contributed by atoms with van der Waals surface area (Å²) in [5.41, 5.74) is 6.52. The lowest BCUT2D eigenvalue weighted by Crippen LogP contribution is -2.47. The number of nitrogens with zero attached hydrogens (tertiary/aromatic N) is 2. The molecule has 1 aromatic rings. The Morgan fingerprint density at radius 2 is 2.37 bits per heavy atom. The number of likely N-dealkylation sites (tertiary alicyclic amines) is 1. The molecule has 1 fully saturated rings. The van der Waals surface area contributed by atoms with E-state index in [0.29, 0.717) is 19.7 Å². The number of hydrogen-bond acceptors (Lipinski definition) is 3. The summed E-state index contributed by atoms with van der Waals surface area (Å²) in [6, 6.07) is 3.97. The van der Waals surface area contributed by atoms with Gasteiger partial charge in [-0.25, -0.2) is 0 Å². The van der Waals surface area contributed by atoms with Gasteiger partial charge >= 0.3 is 0 Å². The highest BCUT2D eigenvalue weighted by molar-refractivity contribution is 5.93. The van der Waals surface area contributed by atoms with E-state index >= 15 is 0 Å². The molecule has 1 aliphatic heterocycles. The molecule has 1 atom stereocenters. The van der Waals surface area contributed by atoms with Gasteiger partial charge in [-0.15, -0.1) is 0 Å². The van der Waals surface area contributed by atoms with Crippen molar-refractivity contribution in [3.05, 3.63) is 24.0 Å². The number of ether oxygens (including phenoxy) is 1. The summed E-state index contributed by atoms with van der Waals surface area (Å²) in [4.78, 5) is 14.6. The SMILES string of the molecule is COCCn1cccc1C(=O)N1CCCCC1CN. The van der Waals surface area contributed by atoms with E-state index in [9.17, 15) is 4.79 Å². The van der Waals surface area contributed by atoms with Crippen molar-refractivity contribution < 1.29 is 9.53 Å². The fourth-order valence-electron chi connectivity index (χ4n) is 2.65. The molecular formula is C14H23N3O2. The van der Waals surface area contributed by atoms with E-state index < -0.39 is 0 Å². The molecule has 2 N–H and O–H groups in total. The predicted octanol–water partition coefficient (Wildman–Crippen LogP) is 1.09. The van der Waals surface area contributed by atoms with Gasteiger partial charge in [0.25, 0.3) is 5.91 Å². The Labute approximate surface area is 114 Å². The fraction of sp³-hybridized carbons (Fsp3) is 0.643. The van der Waals surface area contributed by atoms with E-state index in [2.05, 4.69) is 0 Å². The molecule has 0 spiro atoms. The average Bonchev–Trinajstić information content (AvgIpc) is 2.92. The number of aromatic nitrogens is 1. The van der Waals surface area contributed by atoms with Crippen LogP contribution in [-0.2, 0) is 11.3 Å². The van der Waals surface area contributed by atoms with Crippen LogP contribution < -0.4 is 5.73 Å². The highest BCUT2D eigenvalue weighted by Gasteiger charge is 2.27. The second-order valence-electron chi connectivity index (χ2n) is 4.96. The minimum absolute atomic E-state index is 0.0938. The van der Waals surface area contributed by atoms with Crippen molar-refractivity contribution in [3.8, 4) is 0 Å². The molecule has 1 unspecified atom stereocenters. The Morgan fingerprint density at radius 1 is 1.53 bits per heavy atom. The van der Waals surface area contributed by atoms with Crippen LogP contribution in [0.15, 0.2) is 18.3 Å². The lowest BCUT2D eigenvalue weighted by molar-refractivity contribution is 0.0610. The maximum atomic E-state index is 12.6. The standard InChI is InChI=1S/C14H23N3O2/c1-19-10-9-16-7-4-6-13(16)14(18)17-8-3-2-5-12(17)11-15/h4,6-7,12H,2-3,5,8-11,15H2,1H3. The van der Waals surface area contributed by atoms with Gasteiger partial charge in [0.15, 0.2) is 0 Å². The van der Waals surface area contributed by atoms with E-state index in [0.717, 1.165) is 31.5 Å². The van der Waals surface area contributed by atoms with Crippen molar-refractivity contribution in [2.75, 3.05) is 26.8 Å². The third-order valence-corrected chi connectivity index (χ3v) is 3.75. The zero-order valence-electron chi connectivity index (χ0n) is 11.5. The number of hydrogen-bond donors (Lipinski definition) is 1. The molecule has 1 aromatic heterocycles. The Kier molecular flexibility index (Phi) is 4.99. The van der Waals surface area contributed by atoms with Crippen LogP contribution in [0, 0.1) is 0 Å². The fourth-order valence-corrected chi connectivity index (χ4v) is 2.65. The Balaban J connectivity index is 2.11. The van der Waals surface area contributed by atoms with Crippen LogP contribution in [0.3, 0.4) is 0 Å². The largest absolute Gasteiger partial charge is 0.383 e. The quantitative estimate of drug-likeness (QED) is 0.867. The lowest BCUT2D eigenvalue weighted by Gasteiger charge is -2.35. The van der Waals surface area contributed by atoms with Crippen LogP contribution in [0.4, 0.5) is 0 Å². The first kappa shape index (κ1) is 14.1. The number of carbonyl (C=O) groups excluding carboxylic acids is 1. The van der Waals surface area contributed by atoms with Gasteiger partial charge < -0.3 is 19.9 Å². The van der Waals surface area contributed by atoms with Gasteiger partial charge in [-0.2, -0.15) is 0 Å². The third kappa shape index (κ3) is 3.16. The summed E-state index contributed by atoms with van der Waals surface area (Å²) in [5, 5.41) is 0. The number of rotatable bonds is 5. The van der Waals surface area contributed by atoms with Crippen LogP contribution in [0.5, 0.6) is 0 Å². The molecule has 5 nitrogen and oxygen atoms in total. The highest BCUT2D eigenvalue weighted by atomic mass is 16.5. The minimum atomic E-state index is 0.0938. The number of carbonyl (C=O) groups is 1. The summed E-state index contributed by atoms with van der Waals surface area (Å²) in [6.07, 6.45) is 5.17. The van der Waals surface area contributed by atoms with E-state index in [1.165, 1.54) is 0 Å². The molecule has 106 valence electrons. The smallest absolute Gasteiger partial charge is 0.270 e. The molecule has 0 aliphatic carbocycles. The maximum Gasteiger partial charge on any atom is 0.270 e. The van der Waals surface area contributed by atoms with Crippen LogP contribution >= 0.6 is 0 Å². The van der Waals surface area contributed by atoms with Crippen molar-refractivity contribution in [2.45, 2.75) is 31.8 Å².